The lowest BCUT2D eigenvalue weighted by Crippen LogP contribution is -2.43. The zero-order valence-electron chi connectivity index (χ0n) is 15.6. The van der Waals surface area contributed by atoms with Crippen molar-refractivity contribution in [2.75, 3.05) is 19.7 Å². The Bertz CT molecular complexity index is 910. The minimum Gasteiger partial charge on any atom is -0.466 e. The van der Waals surface area contributed by atoms with Crippen LogP contribution in [0.3, 0.4) is 0 Å². The van der Waals surface area contributed by atoms with Crippen LogP contribution in [0, 0.1) is 11.7 Å². The van der Waals surface area contributed by atoms with Crippen molar-refractivity contribution in [1.82, 2.24) is 14.7 Å². The maximum absolute atomic E-state index is 13.8. The van der Waals surface area contributed by atoms with Gasteiger partial charge in [-0.1, -0.05) is 6.07 Å². The van der Waals surface area contributed by atoms with Crippen LogP contribution < -0.4 is 0 Å². The second-order valence-corrected chi connectivity index (χ2v) is 6.64. The van der Waals surface area contributed by atoms with E-state index in [4.69, 9.17) is 4.74 Å². The maximum Gasteiger partial charge on any atom is 0.434 e. The number of nitrogens with zero attached hydrogens (tertiary/aromatic N) is 3. The zero-order valence-corrected chi connectivity index (χ0v) is 15.6. The van der Waals surface area contributed by atoms with E-state index < -0.39 is 41.0 Å². The Morgan fingerprint density at radius 2 is 2.07 bits per heavy atom. The van der Waals surface area contributed by atoms with Gasteiger partial charge in [0.15, 0.2) is 5.69 Å². The fraction of sp³-hybridized carbons (Fsp3) is 0.421. The summed E-state index contributed by atoms with van der Waals surface area (Å²) in [7, 11) is 0. The standard InChI is InChI=1S/C19H19F4N3O3/c1-2-29-18(28)12-5-4-8-25(11-12)17(27)15-10-24-26(16(15)19(21,22)23)14-7-3-6-13(20)9-14/h3,6-7,9-10,12H,2,4-5,8,11H2,1H3. The van der Waals surface area contributed by atoms with Gasteiger partial charge in [-0.25, -0.2) is 9.07 Å². The zero-order chi connectivity index (χ0) is 21.2. The molecule has 2 aromatic rings. The van der Waals surface area contributed by atoms with E-state index in [0.717, 1.165) is 18.3 Å². The highest BCUT2D eigenvalue weighted by Crippen LogP contribution is 2.35. The molecule has 2 heterocycles. The molecule has 1 saturated heterocycles. The van der Waals surface area contributed by atoms with Gasteiger partial charge in [-0.15, -0.1) is 0 Å². The number of carbonyl (C=O) groups is 2. The van der Waals surface area contributed by atoms with Gasteiger partial charge in [0, 0.05) is 13.1 Å². The molecule has 1 aromatic heterocycles. The van der Waals surface area contributed by atoms with Gasteiger partial charge < -0.3 is 9.64 Å². The third kappa shape index (κ3) is 4.41. The summed E-state index contributed by atoms with van der Waals surface area (Å²) < 4.78 is 60.2. The summed E-state index contributed by atoms with van der Waals surface area (Å²) in [6.07, 6.45) is -3.11. The number of rotatable bonds is 4. The molecule has 1 atom stereocenters. The molecule has 10 heteroatoms. The molecule has 1 fully saturated rings. The van der Waals surface area contributed by atoms with Gasteiger partial charge in [0.2, 0.25) is 0 Å². The molecule has 0 aliphatic carbocycles. The molecule has 1 aromatic carbocycles. The molecule has 29 heavy (non-hydrogen) atoms. The quantitative estimate of drug-likeness (QED) is 0.569. The van der Waals surface area contributed by atoms with Crippen LogP contribution in [-0.2, 0) is 15.7 Å². The minimum atomic E-state index is -4.90. The summed E-state index contributed by atoms with van der Waals surface area (Å²) in [6.45, 7) is 2.03. The van der Waals surface area contributed by atoms with Gasteiger partial charge in [-0.3, -0.25) is 9.59 Å². The monoisotopic (exact) mass is 413 g/mol. The van der Waals surface area contributed by atoms with Crippen LogP contribution in [0.5, 0.6) is 0 Å². The van der Waals surface area contributed by atoms with Crippen molar-refractivity contribution in [2.45, 2.75) is 25.9 Å². The van der Waals surface area contributed by atoms with Gasteiger partial charge in [-0.2, -0.15) is 18.3 Å². The normalized spacial score (nSPS) is 17.3. The summed E-state index contributed by atoms with van der Waals surface area (Å²) >= 11 is 0. The highest BCUT2D eigenvalue weighted by molar-refractivity contribution is 5.96. The highest BCUT2D eigenvalue weighted by Gasteiger charge is 2.42. The molecule has 3 rings (SSSR count). The Morgan fingerprint density at radius 3 is 2.72 bits per heavy atom. The molecule has 1 unspecified atom stereocenters. The minimum absolute atomic E-state index is 0.0277. The van der Waals surface area contributed by atoms with E-state index in [0.29, 0.717) is 17.5 Å². The van der Waals surface area contributed by atoms with Crippen molar-refractivity contribution in [1.29, 1.82) is 0 Å². The van der Waals surface area contributed by atoms with Crippen LogP contribution in [0.15, 0.2) is 30.5 Å². The number of amides is 1. The number of benzene rings is 1. The predicted octanol–water partition coefficient (Wildman–Crippen LogP) is 3.45. The fourth-order valence-corrected chi connectivity index (χ4v) is 3.37. The van der Waals surface area contributed by atoms with Crippen LogP contribution in [-0.4, -0.2) is 46.3 Å². The van der Waals surface area contributed by atoms with Gasteiger partial charge in [0.05, 0.1) is 30.0 Å². The van der Waals surface area contributed by atoms with Gasteiger partial charge >= 0.3 is 12.1 Å². The Balaban J connectivity index is 1.94. The number of piperidine rings is 1. The molecule has 6 nitrogen and oxygen atoms in total. The largest absolute Gasteiger partial charge is 0.466 e. The number of carbonyl (C=O) groups excluding carboxylic acids is 2. The highest BCUT2D eigenvalue weighted by atomic mass is 19.4. The maximum atomic E-state index is 13.8. The van der Waals surface area contributed by atoms with Gasteiger partial charge in [0.25, 0.3) is 5.91 Å². The number of halogens is 4. The summed E-state index contributed by atoms with van der Waals surface area (Å²) in [5, 5.41) is 3.68. The number of hydrogen-bond donors (Lipinski definition) is 0. The lowest BCUT2D eigenvalue weighted by molar-refractivity contribution is -0.149. The van der Waals surface area contributed by atoms with E-state index in [1.54, 1.807) is 6.92 Å². The van der Waals surface area contributed by atoms with E-state index >= 15 is 0 Å². The molecular formula is C19H19F4N3O3. The Morgan fingerprint density at radius 1 is 1.31 bits per heavy atom. The van der Waals surface area contributed by atoms with Crippen LogP contribution in [0.25, 0.3) is 5.69 Å². The SMILES string of the molecule is CCOC(=O)C1CCCN(C(=O)c2cnn(-c3cccc(F)c3)c2C(F)(F)F)C1. The first-order chi connectivity index (χ1) is 13.7. The van der Waals surface area contributed by atoms with Crippen molar-refractivity contribution in [3.63, 3.8) is 0 Å². The molecule has 1 amide bonds. The number of ether oxygens (including phenoxy) is 1. The van der Waals surface area contributed by atoms with Crippen LogP contribution in [0.1, 0.15) is 35.8 Å². The molecule has 0 N–H and O–H groups in total. The smallest absolute Gasteiger partial charge is 0.434 e. The molecule has 0 radical (unpaired) electrons. The Hall–Kier alpha value is -2.91. The molecule has 1 aliphatic heterocycles. The van der Waals surface area contributed by atoms with E-state index in [1.807, 2.05) is 0 Å². The Kier molecular flexibility index (Phi) is 5.90. The molecule has 0 bridgehead atoms. The van der Waals surface area contributed by atoms with Crippen molar-refractivity contribution >= 4 is 11.9 Å². The third-order valence-corrected chi connectivity index (χ3v) is 4.65. The van der Waals surface area contributed by atoms with Crippen molar-refractivity contribution in [3.8, 4) is 5.69 Å². The van der Waals surface area contributed by atoms with E-state index in [9.17, 15) is 27.2 Å². The number of aromatic nitrogens is 2. The second kappa shape index (κ2) is 8.22. The second-order valence-electron chi connectivity index (χ2n) is 6.64. The van der Waals surface area contributed by atoms with Crippen LogP contribution in [0.4, 0.5) is 17.6 Å². The lowest BCUT2D eigenvalue weighted by Gasteiger charge is -2.31. The molecule has 0 saturated carbocycles. The summed E-state index contributed by atoms with van der Waals surface area (Å²) in [5.74, 6) is -2.67. The summed E-state index contributed by atoms with van der Waals surface area (Å²) in [6, 6.07) is 4.50. The van der Waals surface area contributed by atoms with Crippen molar-refractivity contribution in [3.05, 3.63) is 47.5 Å². The van der Waals surface area contributed by atoms with Crippen LogP contribution in [0.2, 0.25) is 0 Å². The average Bonchev–Trinajstić information content (AvgIpc) is 3.13. The average molecular weight is 413 g/mol. The summed E-state index contributed by atoms with van der Waals surface area (Å²) in [4.78, 5) is 26.0. The fourth-order valence-electron chi connectivity index (χ4n) is 3.37. The molecular weight excluding hydrogens is 394 g/mol. The number of likely N-dealkylation sites (tertiary alicyclic amines) is 1. The van der Waals surface area contributed by atoms with Crippen molar-refractivity contribution < 1.29 is 31.9 Å². The Labute approximate surface area is 164 Å². The van der Waals surface area contributed by atoms with Gasteiger partial charge in [-0.05, 0) is 38.0 Å². The van der Waals surface area contributed by atoms with Crippen LogP contribution >= 0.6 is 0 Å². The molecule has 1 aliphatic rings. The van der Waals surface area contributed by atoms with E-state index in [2.05, 4.69) is 5.10 Å². The first-order valence-electron chi connectivity index (χ1n) is 9.09. The third-order valence-electron chi connectivity index (χ3n) is 4.65. The molecule has 156 valence electrons. The summed E-state index contributed by atoms with van der Waals surface area (Å²) in [5.41, 5.74) is -2.09. The van der Waals surface area contributed by atoms with E-state index in [1.165, 1.54) is 17.0 Å². The topological polar surface area (TPSA) is 64.4 Å². The first-order valence-corrected chi connectivity index (χ1v) is 9.09. The van der Waals surface area contributed by atoms with Gasteiger partial charge in [0.1, 0.15) is 5.82 Å². The van der Waals surface area contributed by atoms with E-state index in [-0.39, 0.29) is 25.4 Å². The lowest BCUT2D eigenvalue weighted by atomic mass is 9.97. The number of esters is 1. The predicted molar refractivity (Wildman–Crippen MR) is 93.8 cm³/mol. The number of hydrogen-bond acceptors (Lipinski definition) is 4. The molecule has 0 spiro atoms. The first kappa shape index (κ1) is 20.8. The van der Waals surface area contributed by atoms with Crippen molar-refractivity contribution in [2.24, 2.45) is 5.92 Å². The number of alkyl halides is 3.